The summed E-state index contributed by atoms with van der Waals surface area (Å²) in [6.45, 7) is 2.06. The smallest absolute Gasteiger partial charge is 0.269 e. The van der Waals surface area contributed by atoms with Crippen molar-refractivity contribution in [2.75, 3.05) is 0 Å². The van der Waals surface area contributed by atoms with Crippen molar-refractivity contribution in [2.45, 2.75) is 26.2 Å². The van der Waals surface area contributed by atoms with Crippen molar-refractivity contribution in [3.63, 3.8) is 0 Å². The Balaban J connectivity index is 1.47. The molecule has 0 saturated heterocycles. The van der Waals surface area contributed by atoms with E-state index in [1.165, 1.54) is 0 Å². The van der Waals surface area contributed by atoms with Crippen molar-refractivity contribution in [1.82, 2.24) is 15.8 Å². The first-order valence-corrected chi connectivity index (χ1v) is 9.00. The van der Waals surface area contributed by atoms with E-state index in [4.69, 9.17) is 0 Å². The highest BCUT2D eigenvalue weighted by Gasteiger charge is 2.09. The molecule has 0 fully saturated rings. The van der Waals surface area contributed by atoms with Gasteiger partial charge in [-0.05, 0) is 36.2 Å². The number of amides is 2. The first kappa shape index (κ1) is 17.1. The number of hydrogen-bond acceptors (Lipinski definition) is 4. The molecule has 0 unspecified atom stereocenters. The van der Waals surface area contributed by atoms with Crippen LogP contribution in [0.25, 0.3) is 10.2 Å². The summed E-state index contributed by atoms with van der Waals surface area (Å²) in [7, 11) is 0. The molecular weight excluding hydrogens is 334 g/mol. The molecular formula is C19H19N3O2S. The number of nitrogens with zero attached hydrogens (tertiary/aromatic N) is 1. The Hall–Kier alpha value is -2.73. The lowest BCUT2D eigenvalue weighted by Gasteiger charge is -2.07. The van der Waals surface area contributed by atoms with Crippen LogP contribution in [0.1, 0.15) is 34.3 Å². The molecule has 0 radical (unpaired) electrons. The van der Waals surface area contributed by atoms with Crippen molar-refractivity contribution in [3.05, 3.63) is 64.7 Å². The maximum Gasteiger partial charge on any atom is 0.269 e. The van der Waals surface area contributed by atoms with Gasteiger partial charge in [0.2, 0.25) is 5.91 Å². The summed E-state index contributed by atoms with van der Waals surface area (Å²) in [4.78, 5) is 28.4. The average molecular weight is 353 g/mol. The third-order valence-corrected chi connectivity index (χ3v) is 4.94. The highest BCUT2D eigenvalue weighted by molar-refractivity contribution is 7.18. The monoisotopic (exact) mass is 353 g/mol. The van der Waals surface area contributed by atoms with Crippen molar-refractivity contribution < 1.29 is 9.59 Å². The fourth-order valence-electron chi connectivity index (χ4n) is 2.40. The molecule has 6 heteroatoms. The quantitative estimate of drug-likeness (QED) is 0.692. The zero-order chi connectivity index (χ0) is 17.6. The van der Waals surface area contributed by atoms with Gasteiger partial charge >= 0.3 is 0 Å². The summed E-state index contributed by atoms with van der Waals surface area (Å²) in [6, 6.07) is 15.2. The largest absolute Gasteiger partial charge is 0.273 e. The fraction of sp³-hybridized carbons (Fsp3) is 0.211. The van der Waals surface area contributed by atoms with E-state index in [9.17, 15) is 9.59 Å². The molecule has 2 amide bonds. The van der Waals surface area contributed by atoms with Crippen LogP contribution < -0.4 is 10.9 Å². The average Bonchev–Trinajstić information content (AvgIpc) is 3.07. The van der Waals surface area contributed by atoms with Gasteiger partial charge in [-0.25, -0.2) is 4.98 Å². The number of hydrogen-bond donors (Lipinski definition) is 2. The summed E-state index contributed by atoms with van der Waals surface area (Å²) >= 11 is 1.59. The van der Waals surface area contributed by atoms with Gasteiger partial charge < -0.3 is 0 Å². The number of carbonyl (C=O) groups is 2. The second kappa shape index (κ2) is 7.90. The SMILES string of the molecule is CCc1ccc(C(=O)NNC(=O)CCc2nc3ccccc3s2)cc1. The van der Waals surface area contributed by atoms with Crippen molar-refractivity contribution in [3.8, 4) is 0 Å². The predicted octanol–water partition coefficient (Wildman–Crippen LogP) is 3.25. The number of aryl methyl sites for hydroxylation is 2. The van der Waals surface area contributed by atoms with E-state index < -0.39 is 0 Å². The number of aromatic nitrogens is 1. The maximum absolute atomic E-state index is 12.0. The van der Waals surface area contributed by atoms with Gasteiger partial charge in [0.1, 0.15) is 0 Å². The fourth-order valence-corrected chi connectivity index (χ4v) is 3.37. The minimum atomic E-state index is -0.323. The van der Waals surface area contributed by atoms with Gasteiger partial charge in [-0.15, -0.1) is 11.3 Å². The number of rotatable bonds is 5. The molecule has 0 saturated carbocycles. The van der Waals surface area contributed by atoms with Crippen LogP contribution in [0, 0.1) is 0 Å². The van der Waals surface area contributed by atoms with E-state index in [-0.39, 0.29) is 18.2 Å². The van der Waals surface area contributed by atoms with Gasteiger partial charge in [0.05, 0.1) is 15.2 Å². The Morgan fingerprint density at radius 3 is 2.52 bits per heavy atom. The van der Waals surface area contributed by atoms with E-state index in [1.807, 2.05) is 36.4 Å². The van der Waals surface area contributed by atoms with Gasteiger partial charge in [0.15, 0.2) is 0 Å². The van der Waals surface area contributed by atoms with Gasteiger partial charge in [0.25, 0.3) is 5.91 Å². The van der Waals surface area contributed by atoms with Crippen LogP contribution in [0.2, 0.25) is 0 Å². The lowest BCUT2D eigenvalue weighted by atomic mass is 10.1. The molecule has 2 aromatic carbocycles. The standard InChI is InChI=1S/C19H19N3O2S/c1-2-13-7-9-14(10-8-13)19(24)22-21-17(23)11-12-18-20-15-5-3-4-6-16(15)25-18/h3-10H,2,11-12H2,1H3,(H,21,23)(H,22,24). The van der Waals surface area contributed by atoms with Crippen LogP contribution in [0.5, 0.6) is 0 Å². The van der Waals surface area contributed by atoms with Crippen LogP contribution in [-0.2, 0) is 17.6 Å². The third-order valence-electron chi connectivity index (χ3n) is 3.84. The molecule has 0 aliphatic carbocycles. The molecule has 128 valence electrons. The van der Waals surface area contributed by atoms with Crippen molar-refractivity contribution >= 4 is 33.4 Å². The van der Waals surface area contributed by atoms with Crippen LogP contribution in [0.3, 0.4) is 0 Å². The second-order valence-electron chi connectivity index (χ2n) is 5.63. The predicted molar refractivity (Wildman–Crippen MR) is 99.4 cm³/mol. The number of hydrazine groups is 1. The molecule has 2 N–H and O–H groups in total. The minimum absolute atomic E-state index is 0.238. The number of benzene rings is 2. The van der Waals surface area contributed by atoms with Crippen molar-refractivity contribution in [1.29, 1.82) is 0 Å². The van der Waals surface area contributed by atoms with Gasteiger partial charge in [0, 0.05) is 18.4 Å². The van der Waals surface area contributed by atoms with E-state index in [0.717, 1.165) is 27.2 Å². The van der Waals surface area contributed by atoms with Crippen molar-refractivity contribution in [2.24, 2.45) is 0 Å². The number of fused-ring (bicyclic) bond motifs is 1. The third kappa shape index (κ3) is 4.42. The Bertz CT molecular complexity index is 854. The first-order valence-electron chi connectivity index (χ1n) is 8.18. The molecule has 0 atom stereocenters. The Labute approximate surface area is 150 Å². The summed E-state index contributed by atoms with van der Waals surface area (Å²) in [5, 5.41) is 0.915. The summed E-state index contributed by atoms with van der Waals surface area (Å²) in [6.07, 6.45) is 1.74. The molecule has 1 aromatic heterocycles. The van der Waals surface area contributed by atoms with Gasteiger partial charge in [-0.2, -0.15) is 0 Å². The number of para-hydroxylation sites is 1. The van der Waals surface area contributed by atoms with Crippen LogP contribution in [-0.4, -0.2) is 16.8 Å². The zero-order valence-electron chi connectivity index (χ0n) is 13.9. The number of carbonyl (C=O) groups excluding carboxylic acids is 2. The normalized spacial score (nSPS) is 10.6. The lowest BCUT2D eigenvalue weighted by molar-refractivity contribution is -0.121. The maximum atomic E-state index is 12.0. The first-order chi connectivity index (χ1) is 12.2. The molecule has 1 heterocycles. The Kier molecular flexibility index (Phi) is 5.40. The van der Waals surface area contributed by atoms with Crippen LogP contribution in [0.4, 0.5) is 0 Å². The molecule has 0 aliphatic rings. The Morgan fingerprint density at radius 1 is 1.04 bits per heavy atom. The minimum Gasteiger partial charge on any atom is -0.273 e. The van der Waals surface area contributed by atoms with Crippen LogP contribution in [0.15, 0.2) is 48.5 Å². The molecule has 25 heavy (non-hydrogen) atoms. The highest BCUT2D eigenvalue weighted by Crippen LogP contribution is 2.22. The molecule has 5 nitrogen and oxygen atoms in total. The van der Waals surface area contributed by atoms with E-state index in [1.54, 1.807) is 23.5 Å². The molecule has 0 bridgehead atoms. The summed E-state index contributed by atoms with van der Waals surface area (Å²) < 4.78 is 1.11. The molecule has 3 aromatic rings. The van der Waals surface area contributed by atoms with E-state index in [0.29, 0.717) is 12.0 Å². The van der Waals surface area contributed by atoms with E-state index >= 15 is 0 Å². The molecule has 3 rings (SSSR count). The zero-order valence-corrected chi connectivity index (χ0v) is 14.7. The van der Waals surface area contributed by atoms with Crippen LogP contribution >= 0.6 is 11.3 Å². The molecule has 0 aliphatic heterocycles. The lowest BCUT2D eigenvalue weighted by Crippen LogP contribution is -2.41. The molecule has 0 spiro atoms. The topological polar surface area (TPSA) is 71.1 Å². The number of thiazole rings is 1. The second-order valence-corrected chi connectivity index (χ2v) is 6.74. The van der Waals surface area contributed by atoms with Gasteiger partial charge in [-0.3, -0.25) is 20.4 Å². The summed E-state index contributed by atoms with van der Waals surface area (Å²) in [5.41, 5.74) is 7.53. The Morgan fingerprint density at radius 2 is 1.80 bits per heavy atom. The van der Waals surface area contributed by atoms with E-state index in [2.05, 4.69) is 22.8 Å². The highest BCUT2D eigenvalue weighted by atomic mass is 32.1. The number of nitrogens with one attached hydrogen (secondary N) is 2. The van der Waals surface area contributed by atoms with Gasteiger partial charge in [-0.1, -0.05) is 31.2 Å². The summed E-state index contributed by atoms with van der Waals surface area (Å²) in [5.74, 6) is -0.561.